The second kappa shape index (κ2) is 2.57. The predicted octanol–water partition coefficient (Wildman–Crippen LogP) is 2.43. The average molecular weight is 149 g/mol. The Morgan fingerprint density at radius 3 is 3.55 bits per heavy atom. The first-order valence-corrected chi connectivity index (χ1v) is 4.03. The van der Waals surface area contributed by atoms with Gasteiger partial charge in [-0.25, -0.2) is 0 Å². The Hall–Kier alpha value is -0.980. The monoisotopic (exact) mass is 149 g/mol. The topological polar surface area (TPSA) is 12.0 Å². The normalized spacial score (nSPS) is 24.6. The molecule has 0 amide bonds. The Morgan fingerprint density at radius 1 is 1.73 bits per heavy atom. The van der Waals surface area contributed by atoms with E-state index >= 15 is 0 Å². The third-order valence-corrected chi connectivity index (χ3v) is 2.12. The van der Waals surface area contributed by atoms with Gasteiger partial charge >= 0.3 is 0 Å². The largest absolute Gasteiger partial charge is 0.382 e. The van der Waals surface area contributed by atoms with E-state index < -0.39 is 0 Å². The second-order valence-electron chi connectivity index (χ2n) is 3.08. The fourth-order valence-corrected chi connectivity index (χ4v) is 1.44. The average Bonchev–Trinajstić information content (AvgIpc) is 2.06. The molecule has 0 saturated carbocycles. The van der Waals surface area contributed by atoms with Crippen molar-refractivity contribution < 1.29 is 2.74 Å². The molecular weight excluding hydrogens is 134 g/mol. The van der Waals surface area contributed by atoms with Gasteiger partial charge in [-0.15, -0.1) is 0 Å². The highest BCUT2D eigenvalue weighted by molar-refractivity contribution is 5.53. The lowest BCUT2D eigenvalue weighted by molar-refractivity contribution is 0.681. The van der Waals surface area contributed by atoms with Crippen LogP contribution in [0.1, 0.15) is 21.6 Å². The summed E-state index contributed by atoms with van der Waals surface area (Å²) in [5, 5.41) is 3.28. The number of aryl methyl sites for hydroxylation is 1. The summed E-state index contributed by atoms with van der Waals surface area (Å²) in [6.07, 6.45) is 2.08. The van der Waals surface area contributed by atoms with Gasteiger partial charge in [0.25, 0.3) is 0 Å². The molecule has 0 fully saturated rings. The van der Waals surface area contributed by atoms with Gasteiger partial charge in [-0.05, 0) is 31.4 Å². The van der Waals surface area contributed by atoms with E-state index in [0.717, 1.165) is 24.1 Å². The summed E-state index contributed by atoms with van der Waals surface area (Å²) in [5.74, 6) is 0. The number of hydrogen-bond acceptors (Lipinski definition) is 1. The van der Waals surface area contributed by atoms with Crippen LogP contribution in [0.4, 0.5) is 5.69 Å². The molecule has 1 N–H and O–H groups in total. The number of rotatable bonds is 0. The summed E-state index contributed by atoms with van der Waals surface area (Å²) in [4.78, 5) is 0. The second-order valence-corrected chi connectivity index (χ2v) is 3.08. The molecule has 0 radical (unpaired) electrons. The van der Waals surface area contributed by atoms with Gasteiger partial charge in [0.1, 0.15) is 0 Å². The molecule has 11 heavy (non-hydrogen) atoms. The Bertz CT molecular complexity index is 336. The SMILES string of the molecule is [2H]c1cc([2H])c2c(c1)CCC(C)N2. The Kier molecular flexibility index (Phi) is 1.12. The summed E-state index contributed by atoms with van der Waals surface area (Å²) in [5.41, 5.74) is 2.05. The van der Waals surface area contributed by atoms with Crippen LogP contribution in [0, 0.1) is 0 Å². The highest BCUT2D eigenvalue weighted by Crippen LogP contribution is 2.23. The van der Waals surface area contributed by atoms with Crippen LogP contribution in [0.25, 0.3) is 0 Å². The minimum Gasteiger partial charge on any atom is -0.382 e. The maximum Gasteiger partial charge on any atom is 0.0645 e. The molecule has 0 aliphatic carbocycles. The molecule has 1 nitrogen and oxygen atoms in total. The summed E-state index contributed by atoms with van der Waals surface area (Å²) >= 11 is 0. The van der Waals surface area contributed by atoms with Crippen LogP contribution in [-0.4, -0.2) is 6.04 Å². The standard InChI is InChI=1S/C10H13N/c1-8-6-7-9-4-2-3-5-10(9)11-8/h2-5,8,11H,6-7H2,1H3/i2D,5D. The molecule has 2 rings (SSSR count). The lowest BCUT2D eigenvalue weighted by Gasteiger charge is -2.23. The summed E-state index contributed by atoms with van der Waals surface area (Å²) in [6.45, 7) is 2.12. The highest BCUT2D eigenvalue weighted by Gasteiger charge is 2.11. The van der Waals surface area contributed by atoms with Crippen molar-refractivity contribution in [3.05, 3.63) is 29.8 Å². The van der Waals surface area contributed by atoms with Crippen molar-refractivity contribution in [2.24, 2.45) is 0 Å². The van der Waals surface area contributed by atoms with Gasteiger partial charge in [0.2, 0.25) is 0 Å². The zero-order valence-electron chi connectivity index (χ0n) is 8.65. The van der Waals surface area contributed by atoms with Crippen LogP contribution in [-0.2, 0) is 6.42 Å². The molecule has 0 aromatic heterocycles. The number of benzene rings is 1. The lowest BCUT2D eigenvalue weighted by atomic mass is 9.99. The third kappa shape index (κ3) is 1.23. The molecule has 1 heteroatoms. The van der Waals surface area contributed by atoms with Crippen molar-refractivity contribution in [2.75, 3.05) is 5.32 Å². The van der Waals surface area contributed by atoms with E-state index in [-0.39, 0.29) is 0 Å². The zero-order valence-corrected chi connectivity index (χ0v) is 6.65. The van der Waals surface area contributed by atoms with Crippen molar-refractivity contribution in [3.8, 4) is 0 Å². The highest BCUT2D eigenvalue weighted by atomic mass is 14.9. The van der Waals surface area contributed by atoms with E-state index in [9.17, 15) is 0 Å². The molecular formula is C10H13N. The van der Waals surface area contributed by atoms with Crippen molar-refractivity contribution in [1.29, 1.82) is 0 Å². The summed E-state index contributed by atoms with van der Waals surface area (Å²) in [6, 6.07) is 4.79. The number of hydrogen-bond donors (Lipinski definition) is 1. The number of anilines is 1. The van der Waals surface area contributed by atoms with Gasteiger partial charge in [0.15, 0.2) is 0 Å². The molecule has 1 aromatic rings. The fraction of sp³-hybridized carbons (Fsp3) is 0.400. The van der Waals surface area contributed by atoms with Crippen LogP contribution in [0.3, 0.4) is 0 Å². The van der Waals surface area contributed by atoms with Gasteiger partial charge in [-0.1, -0.05) is 18.2 Å². The first kappa shape index (κ1) is 4.81. The van der Waals surface area contributed by atoms with Crippen LogP contribution >= 0.6 is 0 Å². The Balaban J connectivity index is 2.47. The van der Waals surface area contributed by atoms with Crippen molar-refractivity contribution in [1.82, 2.24) is 0 Å². The minimum atomic E-state index is 0.445. The van der Waals surface area contributed by atoms with Gasteiger partial charge in [0.05, 0.1) is 2.74 Å². The zero-order chi connectivity index (χ0) is 9.42. The molecule has 1 heterocycles. The lowest BCUT2D eigenvalue weighted by Crippen LogP contribution is -2.21. The number of para-hydroxylation sites is 1. The molecule has 0 spiro atoms. The van der Waals surface area contributed by atoms with Crippen molar-refractivity contribution in [2.45, 2.75) is 25.8 Å². The molecule has 1 aliphatic rings. The number of nitrogens with one attached hydrogen (secondary N) is 1. The molecule has 1 unspecified atom stereocenters. The molecule has 58 valence electrons. The van der Waals surface area contributed by atoms with Gasteiger partial charge < -0.3 is 5.32 Å². The van der Waals surface area contributed by atoms with E-state index in [4.69, 9.17) is 2.74 Å². The van der Waals surface area contributed by atoms with Crippen LogP contribution < -0.4 is 5.32 Å². The quantitative estimate of drug-likeness (QED) is 0.597. The molecule has 1 aromatic carbocycles. The number of fused-ring (bicyclic) bond motifs is 1. The van der Waals surface area contributed by atoms with Gasteiger partial charge in [-0.2, -0.15) is 0 Å². The third-order valence-electron chi connectivity index (χ3n) is 2.12. The van der Waals surface area contributed by atoms with Crippen LogP contribution in [0.5, 0.6) is 0 Å². The fourth-order valence-electron chi connectivity index (χ4n) is 1.44. The van der Waals surface area contributed by atoms with E-state index in [1.165, 1.54) is 0 Å². The van der Waals surface area contributed by atoms with Gasteiger partial charge in [0, 0.05) is 11.7 Å². The first-order valence-electron chi connectivity index (χ1n) is 5.03. The molecule has 1 atom stereocenters. The van der Waals surface area contributed by atoms with E-state index in [2.05, 4.69) is 12.2 Å². The first-order chi connectivity index (χ1) is 6.16. The Morgan fingerprint density at radius 2 is 2.64 bits per heavy atom. The maximum absolute atomic E-state index is 7.70. The van der Waals surface area contributed by atoms with E-state index in [1.807, 2.05) is 6.07 Å². The molecule has 1 aliphatic heterocycles. The summed E-state index contributed by atoms with van der Waals surface area (Å²) in [7, 11) is 0. The van der Waals surface area contributed by atoms with Crippen molar-refractivity contribution in [3.63, 3.8) is 0 Å². The smallest absolute Gasteiger partial charge is 0.0645 e. The maximum atomic E-state index is 7.70. The van der Waals surface area contributed by atoms with Gasteiger partial charge in [-0.3, -0.25) is 0 Å². The van der Waals surface area contributed by atoms with Crippen LogP contribution in [0.15, 0.2) is 24.2 Å². The van der Waals surface area contributed by atoms with Crippen LogP contribution in [0.2, 0.25) is 0 Å². The molecule has 0 bridgehead atoms. The summed E-state index contributed by atoms with van der Waals surface area (Å²) < 4.78 is 15.2. The van der Waals surface area contributed by atoms with E-state index in [1.54, 1.807) is 6.07 Å². The van der Waals surface area contributed by atoms with Crippen molar-refractivity contribution >= 4 is 5.69 Å². The minimum absolute atomic E-state index is 0.445. The van der Waals surface area contributed by atoms with E-state index in [0.29, 0.717) is 18.1 Å². The predicted molar refractivity (Wildman–Crippen MR) is 47.8 cm³/mol. The Labute approximate surface area is 70.2 Å². The molecule has 0 saturated heterocycles.